The Morgan fingerprint density at radius 2 is 1.83 bits per heavy atom. The maximum atomic E-state index is 12.9. The molecule has 2 rings (SSSR count). The Labute approximate surface area is 136 Å². The van der Waals surface area contributed by atoms with E-state index in [0.29, 0.717) is 18.4 Å². The Balaban J connectivity index is 1.87. The molecule has 0 heterocycles. The van der Waals surface area contributed by atoms with Crippen LogP contribution >= 0.6 is 0 Å². The van der Waals surface area contributed by atoms with Crippen molar-refractivity contribution in [1.29, 1.82) is 0 Å². The lowest BCUT2D eigenvalue weighted by Crippen LogP contribution is -2.37. The van der Waals surface area contributed by atoms with Gasteiger partial charge >= 0.3 is 0 Å². The van der Waals surface area contributed by atoms with Gasteiger partial charge in [0.05, 0.1) is 12.1 Å². The van der Waals surface area contributed by atoms with E-state index in [9.17, 15) is 14.3 Å². The molecular weight excluding hydrogens is 293 g/mol. The van der Waals surface area contributed by atoms with Crippen molar-refractivity contribution >= 4 is 5.91 Å². The smallest absolute Gasteiger partial charge is 0.220 e. The van der Waals surface area contributed by atoms with Crippen LogP contribution in [0.5, 0.6) is 0 Å². The fraction of sp³-hybridized carbons (Fsp3) is 0.316. The summed E-state index contributed by atoms with van der Waals surface area (Å²) in [5.74, 6) is -0.460. The maximum Gasteiger partial charge on any atom is 0.220 e. The third-order valence-electron chi connectivity index (χ3n) is 3.96. The third-order valence-corrected chi connectivity index (χ3v) is 3.96. The Bertz CT molecular complexity index is 655. The van der Waals surface area contributed by atoms with Gasteiger partial charge in [-0.1, -0.05) is 36.4 Å². The standard InChI is InChI=1S/C19H22FNO2/c1-13-5-3-4-6-15(13)9-12-18(22)21-14(2)19(23)16-7-10-17(20)11-8-16/h3-8,10-11,14,19,23H,9,12H2,1-2H3,(H,21,22). The third kappa shape index (κ3) is 4.89. The normalized spacial score (nSPS) is 13.4. The van der Waals surface area contributed by atoms with Gasteiger partial charge in [0.15, 0.2) is 0 Å². The van der Waals surface area contributed by atoms with E-state index in [2.05, 4.69) is 5.32 Å². The number of halogens is 1. The summed E-state index contributed by atoms with van der Waals surface area (Å²) in [4.78, 5) is 12.0. The molecule has 0 aliphatic heterocycles. The predicted octanol–water partition coefficient (Wildman–Crippen LogP) is 3.31. The highest BCUT2D eigenvalue weighted by atomic mass is 19.1. The van der Waals surface area contributed by atoms with Crippen molar-refractivity contribution < 1.29 is 14.3 Å². The van der Waals surface area contributed by atoms with Gasteiger partial charge in [-0.05, 0) is 49.1 Å². The highest BCUT2D eigenvalue weighted by Crippen LogP contribution is 2.17. The maximum absolute atomic E-state index is 12.9. The summed E-state index contributed by atoms with van der Waals surface area (Å²) in [6.45, 7) is 3.76. The summed E-state index contributed by atoms with van der Waals surface area (Å²) in [6.07, 6.45) is 0.168. The topological polar surface area (TPSA) is 49.3 Å². The van der Waals surface area contributed by atoms with E-state index in [1.165, 1.54) is 29.8 Å². The molecule has 122 valence electrons. The second kappa shape index (κ2) is 7.88. The molecule has 0 bridgehead atoms. The highest BCUT2D eigenvalue weighted by Gasteiger charge is 2.18. The Morgan fingerprint density at radius 3 is 2.48 bits per heavy atom. The zero-order valence-electron chi connectivity index (χ0n) is 13.4. The van der Waals surface area contributed by atoms with E-state index in [-0.39, 0.29) is 11.7 Å². The number of nitrogens with one attached hydrogen (secondary N) is 1. The van der Waals surface area contributed by atoms with Crippen molar-refractivity contribution in [2.24, 2.45) is 0 Å². The minimum Gasteiger partial charge on any atom is -0.386 e. The lowest BCUT2D eigenvalue weighted by Gasteiger charge is -2.20. The van der Waals surface area contributed by atoms with E-state index >= 15 is 0 Å². The number of aryl methyl sites for hydroxylation is 2. The molecule has 2 atom stereocenters. The summed E-state index contributed by atoms with van der Waals surface area (Å²) in [7, 11) is 0. The Morgan fingerprint density at radius 1 is 1.17 bits per heavy atom. The molecule has 0 radical (unpaired) electrons. The second-order valence-corrected chi connectivity index (χ2v) is 5.78. The number of benzene rings is 2. The first-order valence-corrected chi connectivity index (χ1v) is 7.75. The lowest BCUT2D eigenvalue weighted by atomic mass is 10.0. The molecule has 2 N–H and O–H groups in total. The quantitative estimate of drug-likeness (QED) is 0.859. The van der Waals surface area contributed by atoms with Gasteiger partial charge < -0.3 is 10.4 Å². The van der Waals surface area contributed by atoms with Gasteiger partial charge in [-0.15, -0.1) is 0 Å². The first kappa shape index (κ1) is 17.2. The Kier molecular flexibility index (Phi) is 5.88. The number of hydrogen-bond donors (Lipinski definition) is 2. The highest BCUT2D eigenvalue weighted by molar-refractivity contribution is 5.76. The zero-order chi connectivity index (χ0) is 16.8. The van der Waals surface area contributed by atoms with Crippen LogP contribution in [0.25, 0.3) is 0 Å². The van der Waals surface area contributed by atoms with Gasteiger partial charge in [0, 0.05) is 6.42 Å². The van der Waals surface area contributed by atoms with Gasteiger partial charge in [0.25, 0.3) is 0 Å². The van der Waals surface area contributed by atoms with Crippen molar-refractivity contribution in [2.75, 3.05) is 0 Å². The van der Waals surface area contributed by atoms with E-state index in [0.717, 1.165) is 5.56 Å². The summed E-state index contributed by atoms with van der Waals surface area (Å²) < 4.78 is 12.9. The number of aliphatic hydroxyl groups excluding tert-OH is 1. The van der Waals surface area contributed by atoms with Crippen LogP contribution in [0, 0.1) is 12.7 Å². The summed E-state index contributed by atoms with van der Waals surface area (Å²) in [6, 6.07) is 13.2. The van der Waals surface area contributed by atoms with E-state index < -0.39 is 12.1 Å². The summed E-state index contributed by atoms with van der Waals surface area (Å²) in [5.41, 5.74) is 2.90. The van der Waals surface area contributed by atoms with Crippen LogP contribution in [0.2, 0.25) is 0 Å². The van der Waals surface area contributed by atoms with Crippen LogP contribution in [0.15, 0.2) is 48.5 Å². The number of rotatable bonds is 6. The van der Waals surface area contributed by atoms with Crippen LogP contribution < -0.4 is 5.32 Å². The van der Waals surface area contributed by atoms with Crippen LogP contribution in [-0.2, 0) is 11.2 Å². The molecule has 0 aromatic heterocycles. The molecule has 3 nitrogen and oxygen atoms in total. The molecule has 2 unspecified atom stereocenters. The minimum atomic E-state index is -0.863. The molecular formula is C19H22FNO2. The van der Waals surface area contributed by atoms with Gasteiger partial charge in [-0.25, -0.2) is 4.39 Å². The number of carbonyl (C=O) groups excluding carboxylic acids is 1. The van der Waals surface area contributed by atoms with Crippen LogP contribution in [0.4, 0.5) is 4.39 Å². The predicted molar refractivity (Wildman–Crippen MR) is 88.5 cm³/mol. The molecule has 0 fully saturated rings. The Hall–Kier alpha value is -2.20. The number of amides is 1. The van der Waals surface area contributed by atoms with Crippen molar-refractivity contribution in [3.05, 3.63) is 71.0 Å². The van der Waals surface area contributed by atoms with Crippen LogP contribution in [0.3, 0.4) is 0 Å². The average Bonchev–Trinajstić information content (AvgIpc) is 2.54. The van der Waals surface area contributed by atoms with Gasteiger partial charge in [0.2, 0.25) is 5.91 Å². The second-order valence-electron chi connectivity index (χ2n) is 5.78. The van der Waals surface area contributed by atoms with E-state index in [1.807, 2.05) is 31.2 Å². The SMILES string of the molecule is Cc1ccccc1CCC(=O)NC(C)C(O)c1ccc(F)cc1. The molecule has 23 heavy (non-hydrogen) atoms. The molecule has 2 aromatic carbocycles. The molecule has 4 heteroatoms. The molecule has 0 saturated carbocycles. The molecule has 2 aromatic rings. The largest absolute Gasteiger partial charge is 0.386 e. The minimum absolute atomic E-state index is 0.109. The fourth-order valence-corrected chi connectivity index (χ4v) is 2.49. The van der Waals surface area contributed by atoms with Crippen molar-refractivity contribution in [3.8, 4) is 0 Å². The zero-order valence-corrected chi connectivity index (χ0v) is 13.4. The van der Waals surface area contributed by atoms with Crippen molar-refractivity contribution in [2.45, 2.75) is 38.8 Å². The van der Waals surface area contributed by atoms with Gasteiger partial charge in [-0.2, -0.15) is 0 Å². The molecule has 0 saturated heterocycles. The molecule has 0 aliphatic rings. The van der Waals surface area contributed by atoms with E-state index in [4.69, 9.17) is 0 Å². The number of hydrogen-bond acceptors (Lipinski definition) is 2. The first-order chi connectivity index (χ1) is 11.0. The van der Waals surface area contributed by atoms with Gasteiger partial charge in [-0.3, -0.25) is 4.79 Å². The van der Waals surface area contributed by atoms with Crippen LogP contribution in [0.1, 0.15) is 36.1 Å². The average molecular weight is 315 g/mol. The summed E-state index contributed by atoms with van der Waals surface area (Å²) in [5, 5.41) is 13.0. The number of carbonyl (C=O) groups is 1. The molecule has 1 amide bonds. The lowest BCUT2D eigenvalue weighted by molar-refractivity contribution is -0.122. The van der Waals surface area contributed by atoms with E-state index in [1.54, 1.807) is 6.92 Å². The summed E-state index contributed by atoms with van der Waals surface area (Å²) >= 11 is 0. The van der Waals surface area contributed by atoms with Crippen molar-refractivity contribution in [1.82, 2.24) is 5.32 Å². The van der Waals surface area contributed by atoms with Gasteiger partial charge in [0.1, 0.15) is 5.82 Å². The first-order valence-electron chi connectivity index (χ1n) is 7.75. The number of aliphatic hydroxyl groups is 1. The monoisotopic (exact) mass is 315 g/mol. The van der Waals surface area contributed by atoms with Crippen LogP contribution in [-0.4, -0.2) is 17.1 Å². The van der Waals surface area contributed by atoms with Crippen molar-refractivity contribution in [3.63, 3.8) is 0 Å². The molecule has 0 spiro atoms. The molecule has 0 aliphatic carbocycles. The fourth-order valence-electron chi connectivity index (χ4n) is 2.49.